The van der Waals surface area contributed by atoms with Crippen LogP contribution in [0.4, 0.5) is 10.1 Å². The summed E-state index contributed by atoms with van der Waals surface area (Å²) in [6.07, 6.45) is 0. The lowest BCUT2D eigenvalue weighted by Gasteiger charge is -2.02. The maximum absolute atomic E-state index is 12.7. The number of benzene rings is 1. The zero-order valence-corrected chi connectivity index (χ0v) is 5.69. The van der Waals surface area contributed by atoms with Crippen LogP contribution in [0.1, 0.15) is 5.56 Å². The molecule has 0 fully saturated rings. The van der Waals surface area contributed by atoms with Gasteiger partial charge in [-0.2, -0.15) is 0 Å². The first-order chi connectivity index (χ1) is 4.61. The van der Waals surface area contributed by atoms with Crippen molar-refractivity contribution in [1.82, 2.24) is 0 Å². The van der Waals surface area contributed by atoms with Gasteiger partial charge in [-0.1, -0.05) is 5.46 Å². The molecule has 2 N–H and O–H groups in total. The van der Waals surface area contributed by atoms with E-state index in [1.165, 1.54) is 6.07 Å². The molecule has 1 aromatic carbocycles. The fraction of sp³-hybridized carbons (Fsp3) is 0.143. The van der Waals surface area contributed by atoms with Crippen LogP contribution in [-0.2, 0) is 0 Å². The second-order valence-electron chi connectivity index (χ2n) is 2.22. The Bertz CT molecular complexity index is 237. The first kappa shape index (κ1) is 7.13. The van der Waals surface area contributed by atoms with Gasteiger partial charge < -0.3 is 5.73 Å². The highest BCUT2D eigenvalue weighted by Crippen LogP contribution is 2.06. The summed E-state index contributed by atoms with van der Waals surface area (Å²) in [4.78, 5) is 0. The van der Waals surface area contributed by atoms with Crippen molar-refractivity contribution < 1.29 is 4.39 Å². The summed E-state index contributed by atoms with van der Waals surface area (Å²) in [6, 6.07) is 2.80. The van der Waals surface area contributed by atoms with Gasteiger partial charge in [0.25, 0.3) is 0 Å². The van der Waals surface area contributed by atoms with Crippen molar-refractivity contribution in [3.8, 4) is 0 Å². The summed E-state index contributed by atoms with van der Waals surface area (Å²) < 4.78 is 12.7. The zero-order valence-electron chi connectivity index (χ0n) is 5.69. The van der Waals surface area contributed by atoms with Crippen molar-refractivity contribution in [1.29, 1.82) is 0 Å². The van der Waals surface area contributed by atoms with Crippen molar-refractivity contribution in [3.05, 3.63) is 23.5 Å². The second-order valence-corrected chi connectivity index (χ2v) is 2.22. The summed E-state index contributed by atoms with van der Waals surface area (Å²) in [5.74, 6) is -0.350. The van der Waals surface area contributed by atoms with Gasteiger partial charge in [-0.25, -0.2) is 4.39 Å². The van der Waals surface area contributed by atoms with E-state index in [0.29, 0.717) is 16.7 Å². The van der Waals surface area contributed by atoms with E-state index >= 15 is 0 Å². The normalized spacial score (nSPS) is 9.80. The molecule has 0 saturated heterocycles. The average molecular weight is 135 g/mol. The summed E-state index contributed by atoms with van der Waals surface area (Å²) in [7, 11) is 5.40. The molecule has 0 aliphatic carbocycles. The predicted molar refractivity (Wildman–Crippen MR) is 40.9 cm³/mol. The Morgan fingerprint density at radius 3 is 2.60 bits per heavy atom. The smallest absolute Gasteiger partial charge is 0.127 e. The third-order valence-corrected chi connectivity index (χ3v) is 1.41. The largest absolute Gasteiger partial charge is 0.399 e. The molecule has 0 aliphatic heterocycles. The van der Waals surface area contributed by atoms with Crippen molar-refractivity contribution in [2.24, 2.45) is 0 Å². The van der Waals surface area contributed by atoms with Crippen molar-refractivity contribution in [2.45, 2.75) is 6.92 Å². The Kier molecular flexibility index (Phi) is 1.66. The minimum Gasteiger partial charge on any atom is -0.399 e. The molecule has 3 heteroatoms. The van der Waals surface area contributed by atoms with Gasteiger partial charge in [-0.05, 0) is 24.6 Å². The van der Waals surface area contributed by atoms with Crippen LogP contribution in [0.3, 0.4) is 0 Å². The highest BCUT2D eigenvalue weighted by molar-refractivity contribution is 6.33. The third-order valence-electron chi connectivity index (χ3n) is 1.41. The first-order valence-corrected chi connectivity index (χ1v) is 2.92. The van der Waals surface area contributed by atoms with Crippen LogP contribution in [-0.4, -0.2) is 7.85 Å². The van der Waals surface area contributed by atoms with E-state index in [1.807, 2.05) is 0 Å². The number of halogens is 1. The Hall–Kier alpha value is -0.985. The quantitative estimate of drug-likeness (QED) is 0.407. The predicted octanol–water partition coefficient (Wildman–Crippen LogP) is 0.510. The minimum atomic E-state index is -0.350. The van der Waals surface area contributed by atoms with Gasteiger partial charge in [0.2, 0.25) is 0 Å². The lowest BCUT2D eigenvalue weighted by atomic mass is 9.90. The molecule has 1 nitrogen and oxygen atoms in total. The zero-order chi connectivity index (χ0) is 7.72. The molecule has 10 heavy (non-hydrogen) atoms. The molecule has 1 rings (SSSR count). The van der Waals surface area contributed by atoms with E-state index < -0.39 is 0 Å². The highest BCUT2D eigenvalue weighted by Gasteiger charge is 1.99. The van der Waals surface area contributed by atoms with Gasteiger partial charge in [0.15, 0.2) is 0 Å². The average Bonchev–Trinajstić information content (AvgIpc) is 1.82. The minimum absolute atomic E-state index is 0.350. The molecule has 0 saturated carbocycles. The molecule has 0 atom stereocenters. The maximum Gasteiger partial charge on any atom is 0.127 e. The number of rotatable bonds is 0. The number of nitrogens with two attached hydrogens (primary N) is 1. The van der Waals surface area contributed by atoms with Crippen LogP contribution < -0.4 is 11.2 Å². The SMILES string of the molecule is [B]c1cc(N)cc(F)c1C. The number of anilines is 1. The molecule has 2 radical (unpaired) electrons. The van der Waals surface area contributed by atoms with Crippen LogP contribution in [0, 0.1) is 12.7 Å². The van der Waals surface area contributed by atoms with Crippen LogP contribution in [0.5, 0.6) is 0 Å². The fourth-order valence-electron chi connectivity index (χ4n) is 0.722. The molecule has 0 bridgehead atoms. The second kappa shape index (κ2) is 2.33. The van der Waals surface area contributed by atoms with E-state index in [9.17, 15) is 4.39 Å². The monoisotopic (exact) mass is 135 g/mol. The van der Waals surface area contributed by atoms with Gasteiger partial charge in [0.1, 0.15) is 13.7 Å². The molecule has 1 aromatic rings. The number of hydrogen-bond acceptors (Lipinski definition) is 1. The summed E-state index contributed by atoms with van der Waals surface area (Å²) >= 11 is 0. The van der Waals surface area contributed by atoms with E-state index in [4.69, 9.17) is 13.6 Å². The van der Waals surface area contributed by atoms with Gasteiger partial charge >= 0.3 is 0 Å². The highest BCUT2D eigenvalue weighted by atomic mass is 19.1. The summed E-state index contributed by atoms with van der Waals surface area (Å²) in [5, 5.41) is 0. The number of nitrogen functional groups attached to an aromatic ring is 1. The fourth-order valence-corrected chi connectivity index (χ4v) is 0.722. The third kappa shape index (κ3) is 1.13. The Labute approximate surface area is 60.5 Å². The summed E-state index contributed by atoms with van der Waals surface area (Å²) in [5.41, 5.74) is 6.52. The number of hydrogen-bond donors (Lipinski definition) is 1. The Balaban J connectivity index is 3.31. The van der Waals surface area contributed by atoms with E-state index in [0.717, 1.165) is 0 Å². The van der Waals surface area contributed by atoms with E-state index in [-0.39, 0.29) is 5.82 Å². The molecule has 50 valence electrons. The molecule has 0 unspecified atom stereocenters. The first-order valence-electron chi connectivity index (χ1n) is 2.92. The Morgan fingerprint density at radius 2 is 2.10 bits per heavy atom. The van der Waals surface area contributed by atoms with Crippen LogP contribution in [0.2, 0.25) is 0 Å². The maximum atomic E-state index is 12.7. The van der Waals surface area contributed by atoms with Crippen LogP contribution >= 0.6 is 0 Å². The van der Waals surface area contributed by atoms with Gasteiger partial charge in [0.05, 0.1) is 0 Å². The van der Waals surface area contributed by atoms with Crippen LogP contribution in [0.25, 0.3) is 0 Å². The van der Waals surface area contributed by atoms with E-state index in [1.54, 1.807) is 13.0 Å². The molecule has 0 heterocycles. The summed E-state index contributed by atoms with van der Waals surface area (Å²) in [6.45, 7) is 1.62. The Morgan fingerprint density at radius 1 is 1.50 bits per heavy atom. The van der Waals surface area contributed by atoms with Gasteiger partial charge in [-0.3, -0.25) is 0 Å². The molecular weight excluding hydrogens is 128 g/mol. The van der Waals surface area contributed by atoms with Crippen molar-refractivity contribution in [3.63, 3.8) is 0 Å². The van der Waals surface area contributed by atoms with Crippen molar-refractivity contribution in [2.75, 3.05) is 5.73 Å². The topological polar surface area (TPSA) is 26.0 Å². The molecule has 0 spiro atoms. The van der Waals surface area contributed by atoms with E-state index in [2.05, 4.69) is 0 Å². The standard InChI is InChI=1S/C7H7BFN/c1-4-6(8)2-5(10)3-7(4)9/h2-3H,10H2,1H3. The molecule has 0 amide bonds. The van der Waals surface area contributed by atoms with Gasteiger partial charge in [0, 0.05) is 5.69 Å². The molecule has 0 aromatic heterocycles. The van der Waals surface area contributed by atoms with Crippen LogP contribution in [0.15, 0.2) is 12.1 Å². The lowest BCUT2D eigenvalue weighted by molar-refractivity contribution is 0.621. The molecule has 0 aliphatic rings. The van der Waals surface area contributed by atoms with Crippen molar-refractivity contribution >= 4 is 19.0 Å². The molecular formula is C7H7BFN. The van der Waals surface area contributed by atoms with Gasteiger partial charge in [-0.15, -0.1) is 0 Å². The lowest BCUT2D eigenvalue weighted by Crippen LogP contribution is -2.10.